The van der Waals surface area contributed by atoms with Crippen molar-refractivity contribution in [2.75, 3.05) is 5.32 Å². The molecule has 0 fully saturated rings. The van der Waals surface area contributed by atoms with E-state index >= 15 is 0 Å². The molecule has 18 heavy (non-hydrogen) atoms. The maximum absolute atomic E-state index is 13.5. The van der Waals surface area contributed by atoms with Gasteiger partial charge in [0.1, 0.15) is 16.5 Å². The second-order valence-electron chi connectivity index (χ2n) is 3.38. The number of hydrogen-bond donors (Lipinski definition) is 1. The summed E-state index contributed by atoms with van der Waals surface area (Å²) in [4.78, 5) is 11.7. The average molecular weight is 274 g/mol. The third-order valence-corrected chi connectivity index (χ3v) is 2.51. The molecular weight excluding hydrogens is 268 g/mol. The molecule has 8 heteroatoms. The van der Waals surface area contributed by atoms with Gasteiger partial charge in [0.25, 0.3) is 5.91 Å². The Balaban J connectivity index is 2.30. The highest BCUT2D eigenvalue weighted by molar-refractivity contribution is 6.31. The number of aromatic nitrogens is 2. The van der Waals surface area contributed by atoms with Crippen LogP contribution in [-0.4, -0.2) is 16.2 Å². The van der Waals surface area contributed by atoms with Gasteiger partial charge in [-0.25, -0.2) is 13.4 Å². The van der Waals surface area contributed by atoms with Gasteiger partial charge in [-0.05, 0) is 24.2 Å². The van der Waals surface area contributed by atoms with Crippen LogP contribution in [0.1, 0.15) is 16.1 Å². The van der Waals surface area contributed by atoms with E-state index in [2.05, 4.69) is 20.3 Å². The number of rotatable bonds is 2. The first-order chi connectivity index (χ1) is 8.50. The highest BCUT2D eigenvalue weighted by Gasteiger charge is 2.19. The Labute approximate surface area is 105 Å². The summed E-state index contributed by atoms with van der Waals surface area (Å²) in [5.41, 5.74) is -0.0687. The van der Waals surface area contributed by atoms with E-state index < -0.39 is 28.1 Å². The zero-order valence-electron chi connectivity index (χ0n) is 9.00. The van der Waals surface area contributed by atoms with Crippen LogP contribution in [0.25, 0.3) is 0 Å². The number of anilines is 1. The quantitative estimate of drug-likeness (QED) is 0.854. The van der Waals surface area contributed by atoms with Crippen LogP contribution in [0.5, 0.6) is 0 Å². The molecule has 1 heterocycles. The van der Waals surface area contributed by atoms with Gasteiger partial charge >= 0.3 is 0 Å². The maximum atomic E-state index is 13.5. The second kappa shape index (κ2) is 4.69. The van der Waals surface area contributed by atoms with Crippen molar-refractivity contribution in [2.24, 2.45) is 0 Å². The van der Waals surface area contributed by atoms with Gasteiger partial charge in [-0.1, -0.05) is 16.8 Å². The highest BCUT2D eigenvalue weighted by atomic mass is 35.5. The Hall–Kier alpha value is -2.02. The summed E-state index contributed by atoms with van der Waals surface area (Å²) < 4.78 is 30.8. The van der Waals surface area contributed by atoms with Crippen molar-refractivity contribution in [3.05, 3.63) is 40.0 Å². The van der Waals surface area contributed by atoms with E-state index in [-0.39, 0.29) is 5.82 Å². The molecule has 5 nitrogen and oxygen atoms in total. The lowest BCUT2D eigenvalue weighted by Gasteiger charge is -2.05. The number of aryl methyl sites for hydroxylation is 1. The summed E-state index contributed by atoms with van der Waals surface area (Å²) in [5, 5.41) is 8.37. The van der Waals surface area contributed by atoms with Gasteiger partial charge < -0.3 is 5.32 Å². The fraction of sp³-hybridized carbons (Fsp3) is 0.100. The van der Waals surface area contributed by atoms with Gasteiger partial charge in [0, 0.05) is 0 Å². The third-order valence-electron chi connectivity index (χ3n) is 2.16. The number of nitrogens with one attached hydrogen (secondary N) is 1. The van der Waals surface area contributed by atoms with E-state index in [4.69, 9.17) is 11.6 Å². The van der Waals surface area contributed by atoms with E-state index in [1.807, 2.05) is 0 Å². The molecule has 2 rings (SSSR count). The van der Waals surface area contributed by atoms with Gasteiger partial charge in [-0.15, -0.1) is 0 Å². The molecule has 94 valence electrons. The molecule has 0 bridgehead atoms. The number of carbonyl (C=O) groups is 1. The average Bonchev–Trinajstić information content (AvgIpc) is 2.72. The monoisotopic (exact) mass is 273 g/mol. The lowest BCUT2D eigenvalue weighted by atomic mass is 10.2. The number of hydrogen-bond acceptors (Lipinski definition) is 4. The fourth-order valence-electron chi connectivity index (χ4n) is 1.22. The number of benzene rings is 1. The van der Waals surface area contributed by atoms with Crippen LogP contribution in [0, 0.1) is 18.6 Å². The second-order valence-corrected chi connectivity index (χ2v) is 3.75. The van der Waals surface area contributed by atoms with Crippen molar-refractivity contribution in [1.29, 1.82) is 0 Å². The van der Waals surface area contributed by atoms with Crippen LogP contribution >= 0.6 is 11.6 Å². The van der Waals surface area contributed by atoms with Crippen LogP contribution in [0.4, 0.5) is 14.6 Å². The van der Waals surface area contributed by atoms with Gasteiger partial charge in [0.15, 0.2) is 5.82 Å². The number of amides is 1. The summed E-state index contributed by atoms with van der Waals surface area (Å²) in [6, 6.07) is 1.88. The molecule has 1 aromatic heterocycles. The molecule has 0 aliphatic carbocycles. The third kappa shape index (κ3) is 2.17. The molecular formula is C10H6ClF2N3O2. The summed E-state index contributed by atoms with van der Waals surface area (Å²) in [5.74, 6) is -2.85. The highest BCUT2D eigenvalue weighted by Crippen LogP contribution is 2.22. The van der Waals surface area contributed by atoms with Gasteiger partial charge in [-0.2, -0.15) is 0 Å². The molecule has 1 amide bonds. The number of carbonyl (C=O) groups excluding carboxylic acids is 1. The Bertz CT molecular complexity index is 615. The largest absolute Gasteiger partial charge is 0.302 e. The van der Waals surface area contributed by atoms with E-state index in [0.29, 0.717) is 5.69 Å². The number of halogens is 3. The summed E-state index contributed by atoms with van der Waals surface area (Å²) in [6.07, 6.45) is 0. The van der Waals surface area contributed by atoms with Gasteiger partial charge in [0.2, 0.25) is 5.82 Å². The van der Waals surface area contributed by atoms with E-state index in [9.17, 15) is 13.6 Å². The van der Waals surface area contributed by atoms with Crippen molar-refractivity contribution in [1.82, 2.24) is 10.3 Å². The van der Waals surface area contributed by atoms with E-state index in [1.54, 1.807) is 6.92 Å². The molecule has 1 aromatic carbocycles. The topological polar surface area (TPSA) is 68.0 Å². The Morgan fingerprint density at radius 2 is 2.11 bits per heavy atom. The Kier molecular flexibility index (Phi) is 3.24. The zero-order valence-corrected chi connectivity index (χ0v) is 9.76. The summed E-state index contributed by atoms with van der Waals surface area (Å²) in [6.45, 7) is 1.54. The first kappa shape index (κ1) is 12.4. The molecule has 0 unspecified atom stereocenters. The fourth-order valence-corrected chi connectivity index (χ4v) is 1.39. The maximum Gasteiger partial charge on any atom is 0.259 e. The standard InChI is InChI=1S/C10H6ClF2N3O2/c1-4-9(16-18-15-4)14-10(17)5-2-3-6(12)7(11)8(5)13/h2-3H,1H3,(H,14,16,17). The van der Waals surface area contributed by atoms with Crippen molar-refractivity contribution in [3.63, 3.8) is 0 Å². The predicted molar refractivity (Wildman–Crippen MR) is 58.4 cm³/mol. The molecule has 0 spiro atoms. The van der Waals surface area contributed by atoms with Crippen LogP contribution in [0.2, 0.25) is 5.02 Å². The first-order valence-corrected chi connectivity index (χ1v) is 5.12. The van der Waals surface area contributed by atoms with E-state index in [1.165, 1.54) is 0 Å². The molecule has 1 N–H and O–H groups in total. The summed E-state index contributed by atoms with van der Waals surface area (Å²) >= 11 is 5.36. The number of nitrogens with zero attached hydrogens (tertiary/aromatic N) is 2. The minimum absolute atomic E-state index is 0.0554. The minimum Gasteiger partial charge on any atom is -0.302 e. The van der Waals surface area contributed by atoms with Crippen LogP contribution in [0.15, 0.2) is 16.8 Å². The smallest absolute Gasteiger partial charge is 0.259 e. The Morgan fingerprint density at radius 3 is 2.72 bits per heavy atom. The molecule has 0 saturated heterocycles. The van der Waals surface area contributed by atoms with E-state index in [0.717, 1.165) is 12.1 Å². The SMILES string of the molecule is Cc1nonc1NC(=O)c1ccc(F)c(Cl)c1F. The van der Waals surface area contributed by atoms with Crippen molar-refractivity contribution in [2.45, 2.75) is 6.92 Å². The van der Waals surface area contributed by atoms with Crippen molar-refractivity contribution in [3.8, 4) is 0 Å². The van der Waals surface area contributed by atoms with Crippen LogP contribution in [0.3, 0.4) is 0 Å². The zero-order chi connectivity index (χ0) is 13.3. The minimum atomic E-state index is -1.14. The molecule has 0 atom stereocenters. The summed E-state index contributed by atoms with van der Waals surface area (Å²) in [7, 11) is 0. The normalized spacial score (nSPS) is 10.4. The van der Waals surface area contributed by atoms with Crippen molar-refractivity contribution < 1.29 is 18.2 Å². The lowest BCUT2D eigenvalue weighted by molar-refractivity contribution is 0.102. The van der Waals surface area contributed by atoms with Crippen LogP contribution < -0.4 is 5.32 Å². The predicted octanol–water partition coefficient (Wildman–Crippen LogP) is 2.56. The van der Waals surface area contributed by atoms with Crippen molar-refractivity contribution >= 4 is 23.3 Å². The lowest BCUT2D eigenvalue weighted by Crippen LogP contribution is -2.15. The molecule has 0 aliphatic heterocycles. The van der Waals surface area contributed by atoms with Gasteiger partial charge in [-0.3, -0.25) is 4.79 Å². The molecule has 0 saturated carbocycles. The molecule has 0 aliphatic rings. The Morgan fingerprint density at radius 1 is 1.39 bits per heavy atom. The molecule has 2 aromatic rings. The van der Waals surface area contributed by atoms with Gasteiger partial charge in [0.05, 0.1) is 5.56 Å². The molecule has 0 radical (unpaired) electrons. The van der Waals surface area contributed by atoms with Crippen LogP contribution in [-0.2, 0) is 0 Å². The first-order valence-electron chi connectivity index (χ1n) is 4.74.